The summed E-state index contributed by atoms with van der Waals surface area (Å²) in [4.78, 5) is 12.1. The molecule has 27 heavy (non-hydrogen) atoms. The second-order valence-corrected chi connectivity index (χ2v) is 6.71. The van der Waals surface area contributed by atoms with E-state index in [1.54, 1.807) is 33.5 Å². The average Bonchev–Trinajstić information content (AvgIpc) is 2.67. The van der Waals surface area contributed by atoms with Gasteiger partial charge in [0.15, 0.2) is 11.5 Å². The van der Waals surface area contributed by atoms with E-state index in [-0.39, 0.29) is 5.91 Å². The molecule has 0 aliphatic rings. The van der Waals surface area contributed by atoms with E-state index < -0.39 is 0 Å². The number of halogens is 2. The van der Waals surface area contributed by atoms with Crippen molar-refractivity contribution in [1.82, 2.24) is 5.32 Å². The number of hydrogen-bond acceptors (Lipinski definition) is 4. The van der Waals surface area contributed by atoms with E-state index in [4.69, 9.17) is 37.4 Å². The second-order valence-electron chi connectivity index (χ2n) is 5.87. The van der Waals surface area contributed by atoms with Crippen molar-refractivity contribution in [2.24, 2.45) is 0 Å². The van der Waals surface area contributed by atoms with Gasteiger partial charge in [0.25, 0.3) is 0 Å². The Balaban J connectivity index is 1.88. The fourth-order valence-electron chi connectivity index (χ4n) is 2.69. The summed E-state index contributed by atoms with van der Waals surface area (Å²) in [6.07, 6.45) is 1.56. The first-order chi connectivity index (χ1) is 13.0. The van der Waals surface area contributed by atoms with Gasteiger partial charge in [0, 0.05) is 23.0 Å². The molecule has 0 unspecified atom stereocenters. The number of amides is 1. The molecule has 0 aliphatic carbocycles. The van der Waals surface area contributed by atoms with Gasteiger partial charge in [-0.05, 0) is 48.2 Å². The number of aryl methyl sites for hydroxylation is 1. The average molecular weight is 412 g/mol. The first-order valence-corrected chi connectivity index (χ1v) is 9.23. The van der Waals surface area contributed by atoms with Crippen molar-refractivity contribution in [2.45, 2.75) is 19.3 Å². The van der Waals surface area contributed by atoms with Gasteiger partial charge in [-0.1, -0.05) is 29.3 Å². The first-order valence-electron chi connectivity index (χ1n) is 8.48. The third-order valence-electron chi connectivity index (χ3n) is 4.10. The SMILES string of the molecule is COc1cc(CCC(=O)NCCc2ccc(Cl)cc2Cl)cc(OC)c1OC. The number of nitrogens with one attached hydrogen (secondary N) is 1. The smallest absolute Gasteiger partial charge is 0.220 e. The van der Waals surface area contributed by atoms with Gasteiger partial charge in [0.2, 0.25) is 11.7 Å². The molecule has 0 saturated heterocycles. The number of benzene rings is 2. The summed E-state index contributed by atoms with van der Waals surface area (Å²) < 4.78 is 16.0. The fourth-order valence-corrected chi connectivity index (χ4v) is 3.19. The molecule has 2 aromatic rings. The minimum absolute atomic E-state index is 0.0335. The second kappa shape index (κ2) is 10.3. The van der Waals surface area contributed by atoms with Gasteiger partial charge in [0.05, 0.1) is 21.3 Å². The van der Waals surface area contributed by atoms with E-state index in [0.29, 0.717) is 53.1 Å². The maximum atomic E-state index is 12.1. The molecule has 5 nitrogen and oxygen atoms in total. The lowest BCUT2D eigenvalue weighted by Crippen LogP contribution is -2.25. The largest absolute Gasteiger partial charge is 0.493 e. The van der Waals surface area contributed by atoms with Crippen LogP contribution in [0.4, 0.5) is 0 Å². The van der Waals surface area contributed by atoms with Gasteiger partial charge in [0.1, 0.15) is 0 Å². The Bertz CT molecular complexity index is 771. The zero-order valence-electron chi connectivity index (χ0n) is 15.6. The van der Waals surface area contributed by atoms with Crippen molar-refractivity contribution in [3.8, 4) is 17.2 Å². The van der Waals surface area contributed by atoms with Crippen LogP contribution >= 0.6 is 23.2 Å². The highest BCUT2D eigenvalue weighted by Gasteiger charge is 2.14. The van der Waals surface area contributed by atoms with Crippen molar-refractivity contribution >= 4 is 29.1 Å². The van der Waals surface area contributed by atoms with Crippen molar-refractivity contribution in [1.29, 1.82) is 0 Å². The quantitative estimate of drug-likeness (QED) is 0.667. The molecule has 0 heterocycles. The van der Waals surface area contributed by atoms with Crippen molar-refractivity contribution in [3.05, 3.63) is 51.5 Å². The summed E-state index contributed by atoms with van der Waals surface area (Å²) in [5.74, 6) is 1.65. The Morgan fingerprint density at radius 2 is 1.63 bits per heavy atom. The van der Waals surface area contributed by atoms with Gasteiger partial charge in [-0.15, -0.1) is 0 Å². The van der Waals surface area contributed by atoms with Crippen LogP contribution in [0.5, 0.6) is 17.2 Å². The number of carbonyl (C=O) groups excluding carboxylic acids is 1. The van der Waals surface area contributed by atoms with Gasteiger partial charge < -0.3 is 19.5 Å². The van der Waals surface area contributed by atoms with E-state index in [9.17, 15) is 4.79 Å². The minimum atomic E-state index is -0.0335. The molecule has 0 aliphatic heterocycles. The molecule has 2 aromatic carbocycles. The monoisotopic (exact) mass is 411 g/mol. The lowest BCUT2D eigenvalue weighted by molar-refractivity contribution is -0.121. The highest BCUT2D eigenvalue weighted by atomic mass is 35.5. The van der Waals surface area contributed by atoms with E-state index in [1.807, 2.05) is 18.2 Å². The van der Waals surface area contributed by atoms with Crippen LogP contribution in [-0.2, 0) is 17.6 Å². The zero-order chi connectivity index (χ0) is 19.8. The molecule has 1 N–H and O–H groups in total. The van der Waals surface area contributed by atoms with Gasteiger partial charge >= 0.3 is 0 Å². The van der Waals surface area contributed by atoms with E-state index >= 15 is 0 Å². The molecule has 0 fully saturated rings. The predicted molar refractivity (Wildman–Crippen MR) is 108 cm³/mol. The Hall–Kier alpha value is -2.11. The Kier molecular flexibility index (Phi) is 8.07. The van der Waals surface area contributed by atoms with Crippen LogP contribution in [0.3, 0.4) is 0 Å². The Morgan fingerprint density at radius 1 is 0.963 bits per heavy atom. The number of rotatable bonds is 9. The standard InChI is InChI=1S/C20H23Cl2NO4/c1-25-17-10-13(11-18(26-2)20(17)27-3)4-7-19(24)23-9-8-14-5-6-15(21)12-16(14)22/h5-6,10-12H,4,7-9H2,1-3H3,(H,23,24). The maximum absolute atomic E-state index is 12.1. The number of methoxy groups -OCH3 is 3. The highest BCUT2D eigenvalue weighted by Crippen LogP contribution is 2.38. The molecule has 2 rings (SSSR count). The van der Waals surface area contributed by atoms with Gasteiger partial charge in [-0.25, -0.2) is 0 Å². The van der Waals surface area contributed by atoms with Gasteiger partial charge in [-0.2, -0.15) is 0 Å². The minimum Gasteiger partial charge on any atom is -0.493 e. The van der Waals surface area contributed by atoms with Crippen LogP contribution in [0.15, 0.2) is 30.3 Å². The molecule has 0 bridgehead atoms. The topological polar surface area (TPSA) is 56.8 Å². The molecule has 146 valence electrons. The summed E-state index contributed by atoms with van der Waals surface area (Å²) in [7, 11) is 4.69. The van der Waals surface area contributed by atoms with Crippen molar-refractivity contribution < 1.29 is 19.0 Å². The molecule has 1 amide bonds. The third-order valence-corrected chi connectivity index (χ3v) is 4.68. The predicted octanol–water partition coefficient (Wildman–Crippen LogP) is 4.31. The van der Waals surface area contributed by atoms with Crippen LogP contribution in [0.1, 0.15) is 17.5 Å². The molecule has 0 atom stereocenters. The molecule has 0 spiro atoms. The zero-order valence-corrected chi connectivity index (χ0v) is 17.1. The first kappa shape index (κ1) is 21.2. The van der Waals surface area contributed by atoms with Crippen molar-refractivity contribution in [2.75, 3.05) is 27.9 Å². The molecular formula is C20H23Cl2NO4. The third kappa shape index (κ3) is 5.94. The van der Waals surface area contributed by atoms with Crippen LogP contribution in [0.25, 0.3) is 0 Å². The fraction of sp³-hybridized carbons (Fsp3) is 0.350. The van der Waals surface area contributed by atoms with Crippen molar-refractivity contribution in [3.63, 3.8) is 0 Å². The van der Waals surface area contributed by atoms with Gasteiger partial charge in [-0.3, -0.25) is 4.79 Å². The summed E-state index contributed by atoms with van der Waals surface area (Å²) in [6, 6.07) is 9.05. The molecule has 7 heteroatoms. The number of ether oxygens (including phenoxy) is 3. The summed E-state index contributed by atoms with van der Waals surface area (Å²) in [5, 5.41) is 4.11. The van der Waals surface area contributed by atoms with Crippen LogP contribution in [0, 0.1) is 0 Å². The summed E-state index contributed by atoms with van der Waals surface area (Å²) in [6.45, 7) is 0.509. The molecule has 0 aromatic heterocycles. The molecule has 0 radical (unpaired) electrons. The van der Waals surface area contributed by atoms with Crippen LogP contribution in [0.2, 0.25) is 10.0 Å². The lowest BCUT2D eigenvalue weighted by Gasteiger charge is -2.14. The molecule has 0 saturated carbocycles. The highest BCUT2D eigenvalue weighted by molar-refractivity contribution is 6.35. The summed E-state index contributed by atoms with van der Waals surface area (Å²) >= 11 is 12.0. The number of carbonyl (C=O) groups is 1. The normalized spacial score (nSPS) is 10.4. The maximum Gasteiger partial charge on any atom is 0.220 e. The van der Waals surface area contributed by atoms with E-state index in [2.05, 4.69) is 5.32 Å². The Labute approximate surface area is 169 Å². The van der Waals surface area contributed by atoms with Crippen LogP contribution < -0.4 is 19.5 Å². The molecular weight excluding hydrogens is 389 g/mol. The lowest BCUT2D eigenvalue weighted by atomic mass is 10.1. The van der Waals surface area contributed by atoms with E-state index in [0.717, 1.165) is 11.1 Å². The van der Waals surface area contributed by atoms with Crippen LogP contribution in [-0.4, -0.2) is 33.8 Å². The number of hydrogen-bond donors (Lipinski definition) is 1. The summed E-state index contributed by atoms with van der Waals surface area (Å²) in [5.41, 5.74) is 1.88. The van der Waals surface area contributed by atoms with E-state index in [1.165, 1.54) is 0 Å². The Morgan fingerprint density at radius 3 is 2.19 bits per heavy atom.